The number of hydrogen-bond acceptors (Lipinski definition) is 3. The Morgan fingerprint density at radius 3 is 2.71 bits per heavy atom. The van der Waals surface area contributed by atoms with E-state index in [0.717, 1.165) is 18.8 Å². The molecule has 1 fully saturated rings. The van der Waals surface area contributed by atoms with Crippen LogP contribution < -0.4 is 5.32 Å². The minimum Gasteiger partial charge on any atom is -0.310 e. The Labute approximate surface area is 129 Å². The van der Waals surface area contributed by atoms with Crippen molar-refractivity contribution in [2.75, 3.05) is 6.54 Å². The normalized spacial score (nSPS) is 23.6. The van der Waals surface area contributed by atoms with Crippen LogP contribution in [0.2, 0.25) is 0 Å². The number of aryl methyl sites for hydroxylation is 1. The minimum atomic E-state index is 0.475. The van der Waals surface area contributed by atoms with E-state index in [2.05, 4.69) is 18.4 Å². The van der Waals surface area contributed by atoms with Gasteiger partial charge in [-0.3, -0.25) is 0 Å². The van der Waals surface area contributed by atoms with Gasteiger partial charge in [0.25, 0.3) is 0 Å². The summed E-state index contributed by atoms with van der Waals surface area (Å²) in [4.78, 5) is 9.77. The second kappa shape index (κ2) is 7.35. The number of rotatable bonds is 4. The zero-order chi connectivity index (χ0) is 14.5. The van der Waals surface area contributed by atoms with Crippen molar-refractivity contribution in [1.29, 1.82) is 0 Å². The van der Waals surface area contributed by atoms with Crippen molar-refractivity contribution in [3.05, 3.63) is 23.3 Å². The Morgan fingerprint density at radius 2 is 1.90 bits per heavy atom. The van der Waals surface area contributed by atoms with E-state index in [9.17, 15) is 0 Å². The fraction of sp³-hybridized carbons (Fsp3) is 0.778. The van der Waals surface area contributed by atoms with Gasteiger partial charge in [0.05, 0.1) is 0 Å². The zero-order valence-electron chi connectivity index (χ0n) is 13.4. The molecular weight excluding hydrogens is 258 g/mol. The third kappa shape index (κ3) is 3.63. The topological polar surface area (TPSA) is 37.8 Å². The van der Waals surface area contributed by atoms with Gasteiger partial charge in [-0.05, 0) is 45.1 Å². The van der Waals surface area contributed by atoms with Crippen molar-refractivity contribution < 1.29 is 0 Å². The van der Waals surface area contributed by atoms with Gasteiger partial charge in [-0.25, -0.2) is 9.97 Å². The first-order valence-electron chi connectivity index (χ1n) is 8.97. The van der Waals surface area contributed by atoms with Crippen LogP contribution in [0.5, 0.6) is 0 Å². The summed E-state index contributed by atoms with van der Waals surface area (Å²) in [6.07, 6.45) is 15.0. The Bertz CT molecular complexity index is 452. The largest absolute Gasteiger partial charge is 0.310 e. The average Bonchev–Trinajstić information content (AvgIpc) is 2.75. The van der Waals surface area contributed by atoms with Crippen LogP contribution in [0.3, 0.4) is 0 Å². The molecule has 0 amide bonds. The summed E-state index contributed by atoms with van der Waals surface area (Å²) in [5.41, 5.74) is 2.71. The fourth-order valence-electron chi connectivity index (χ4n) is 3.82. The van der Waals surface area contributed by atoms with Crippen LogP contribution in [0.25, 0.3) is 0 Å². The maximum Gasteiger partial charge on any atom is 0.131 e. The molecule has 0 aromatic carbocycles. The standard InChI is InChI=1S/C18H29N3/c1-2-12-19-16-10-6-7-11-17-15(16)13-20-18(21-17)14-8-4-3-5-9-14/h13-14,16,19H,2-12H2,1H3. The quantitative estimate of drug-likeness (QED) is 0.839. The molecule has 3 heteroatoms. The molecule has 2 aliphatic carbocycles. The van der Waals surface area contributed by atoms with Gasteiger partial charge in [0.15, 0.2) is 0 Å². The highest BCUT2D eigenvalue weighted by molar-refractivity contribution is 5.24. The molecule has 1 N–H and O–H groups in total. The summed E-state index contributed by atoms with van der Waals surface area (Å²) >= 11 is 0. The monoisotopic (exact) mass is 287 g/mol. The SMILES string of the molecule is CCCNC1CCCCc2nc(C3CCCCC3)ncc21. The molecule has 3 rings (SSSR count). The van der Waals surface area contributed by atoms with Gasteiger partial charge < -0.3 is 5.32 Å². The maximum atomic E-state index is 5.00. The van der Waals surface area contributed by atoms with Crippen LogP contribution in [0.15, 0.2) is 6.20 Å². The average molecular weight is 287 g/mol. The highest BCUT2D eigenvalue weighted by atomic mass is 14.9. The van der Waals surface area contributed by atoms with Crippen LogP contribution in [0.4, 0.5) is 0 Å². The predicted octanol–water partition coefficient (Wildman–Crippen LogP) is 4.29. The lowest BCUT2D eigenvalue weighted by Crippen LogP contribution is -2.23. The molecule has 1 aromatic rings. The highest BCUT2D eigenvalue weighted by Crippen LogP contribution is 2.33. The summed E-state index contributed by atoms with van der Waals surface area (Å²) in [6.45, 7) is 3.32. The van der Waals surface area contributed by atoms with Crippen molar-refractivity contribution in [2.24, 2.45) is 0 Å². The fourth-order valence-corrected chi connectivity index (χ4v) is 3.82. The van der Waals surface area contributed by atoms with Crippen molar-refractivity contribution in [2.45, 2.75) is 83.1 Å². The molecule has 116 valence electrons. The van der Waals surface area contributed by atoms with Gasteiger partial charge >= 0.3 is 0 Å². The van der Waals surface area contributed by atoms with Gasteiger partial charge in [0, 0.05) is 29.4 Å². The molecule has 0 saturated heterocycles. The Morgan fingerprint density at radius 1 is 1.10 bits per heavy atom. The molecule has 0 radical (unpaired) electrons. The molecule has 2 aliphatic rings. The maximum absolute atomic E-state index is 5.00. The highest BCUT2D eigenvalue weighted by Gasteiger charge is 2.23. The summed E-state index contributed by atoms with van der Waals surface area (Å²) < 4.78 is 0. The van der Waals surface area contributed by atoms with Crippen LogP contribution in [-0.4, -0.2) is 16.5 Å². The van der Waals surface area contributed by atoms with Crippen LogP contribution in [0.1, 0.15) is 93.8 Å². The Balaban J connectivity index is 1.80. The van der Waals surface area contributed by atoms with Gasteiger partial charge in [0.2, 0.25) is 0 Å². The van der Waals surface area contributed by atoms with E-state index < -0.39 is 0 Å². The molecule has 1 heterocycles. The summed E-state index contributed by atoms with van der Waals surface area (Å²) in [5, 5.41) is 3.69. The third-order valence-corrected chi connectivity index (χ3v) is 5.06. The van der Waals surface area contributed by atoms with Gasteiger partial charge in [-0.1, -0.05) is 32.6 Å². The van der Waals surface area contributed by atoms with E-state index in [1.54, 1.807) is 0 Å². The molecular formula is C18H29N3. The summed E-state index contributed by atoms with van der Waals surface area (Å²) in [7, 11) is 0. The van der Waals surface area contributed by atoms with Crippen LogP contribution >= 0.6 is 0 Å². The second-order valence-electron chi connectivity index (χ2n) is 6.72. The Hall–Kier alpha value is -0.960. The molecule has 0 bridgehead atoms. The number of aromatic nitrogens is 2. The number of nitrogens with one attached hydrogen (secondary N) is 1. The Kier molecular flexibility index (Phi) is 5.23. The molecule has 1 aromatic heterocycles. The van der Waals surface area contributed by atoms with Crippen LogP contribution in [-0.2, 0) is 6.42 Å². The van der Waals surface area contributed by atoms with E-state index in [0.29, 0.717) is 12.0 Å². The van der Waals surface area contributed by atoms with Crippen molar-refractivity contribution in [3.63, 3.8) is 0 Å². The van der Waals surface area contributed by atoms with Crippen LogP contribution in [0, 0.1) is 0 Å². The molecule has 1 saturated carbocycles. The summed E-state index contributed by atoms with van der Waals surface area (Å²) in [5.74, 6) is 1.75. The van der Waals surface area contributed by atoms with Gasteiger partial charge in [-0.2, -0.15) is 0 Å². The smallest absolute Gasteiger partial charge is 0.131 e. The first kappa shape index (κ1) is 15.0. The molecule has 3 nitrogen and oxygen atoms in total. The number of fused-ring (bicyclic) bond motifs is 1. The third-order valence-electron chi connectivity index (χ3n) is 5.06. The lowest BCUT2D eigenvalue weighted by molar-refractivity contribution is 0.426. The van der Waals surface area contributed by atoms with Gasteiger partial charge in [-0.15, -0.1) is 0 Å². The van der Waals surface area contributed by atoms with E-state index in [1.807, 2.05) is 0 Å². The molecule has 1 unspecified atom stereocenters. The van der Waals surface area contributed by atoms with E-state index >= 15 is 0 Å². The van der Waals surface area contributed by atoms with E-state index in [4.69, 9.17) is 9.97 Å². The van der Waals surface area contributed by atoms with E-state index in [1.165, 1.54) is 69.0 Å². The van der Waals surface area contributed by atoms with Crippen molar-refractivity contribution in [3.8, 4) is 0 Å². The lowest BCUT2D eigenvalue weighted by atomic mass is 9.88. The van der Waals surface area contributed by atoms with Crippen molar-refractivity contribution in [1.82, 2.24) is 15.3 Å². The molecule has 0 spiro atoms. The first-order valence-corrected chi connectivity index (χ1v) is 8.97. The first-order chi connectivity index (χ1) is 10.4. The zero-order valence-corrected chi connectivity index (χ0v) is 13.4. The molecule has 0 aliphatic heterocycles. The lowest BCUT2D eigenvalue weighted by Gasteiger charge is -2.23. The second-order valence-corrected chi connectivity index (χ2v) is 6.72. The number of hydrogen-bond donors (Lipinski definition) is 1. The number of nitrogens with zero attached hydrogens (tertiary/aromatic N) is 2. The molecule has 1 atom stereocenters. The summed E-state index contributed by atoms with van der Waals surface area (Å²) in [6, 6.07) is 0.475. The molecule has 21 heavy (non-hydrogen) atoms. The predicted molar refractivity (Wildman–Crippen MR) is 86.4 cm³/mol. The van der Waals surface area contributed by atoms with Crippen molar-refractivity contribution >= 4 is 0 Å². The minimum absolute atomic E-state index is 0.475. The van der Waals surface area contributed by atoms with Gasteiger partial charge in [0.1, 0.15) is 5.82 Å². The van der Waals surface area contributed by atoms with E-state index in [-0.39, 0.29) is 0 Å².